The fraction of sp³-hybridized carbons (Fsp3) is 0.364. The fourth-order valence-electron chi connectivity index (χ4n) is 3.91. The minimum Gasteiger partial charge on any atom is -0.322 e. The van der Waals surface area contributed by atoms with Crippen LogP contribution in [0.1, 0.15) is 34.8 Å². The number of pyridine rings is 1. The highest BCUT2D eigenvalue weighted by atomic mass is 32.2. The minimum absolute atomic E-state index is 0.0686. The number of hydrogen-bond donors (Lipinski definition) is 2. The molecule has 8 nitrogen and oxygen atoms in total. The molecule has 1 aliphatic carbocycles. The molecule has 5 rings (SSSR count). The molecule has 0 spiro atoms. The van der Waals surface area contributed by atoms with Crippen molar-refractivity contribution in [2.75, 3.05) is 29.9 Å². The van der Waals surface area contributed by atoms with E-state index < -0.39 is 11.2 Å². The van der Waals surface area contributed by atoms with Crippen LogP contribution in [0.3, 0.4) is 0 Å². The molecule has 3 aromatic rings. The first-order chi connectivity index (χ1) is 15.1. The molecule has 1 amide bonds. The summed E-state index contributed by atoms with van der Waals surface area (Å²) in [6.07, 6.45) is 3.20. The average Bonchev–Trinajstić information content (AvgIpc) is 3.61. The highest BCUT2D eigenvalue weighted by molar-refractivity contribution is 7.99. The number of fused-ring (bicyclic) bond motifs is 1. The molecular formula is C22H23N5O3S. The molecule has 0 bridgehead atoms. The zero-order chi connectivity index (χ0) is 21.4. The SMILES string of the molecule is O=C(Nc1ccccc1CN1CCSCC1)c1cnc2c(c1)c(=O)[nH]c(=O)n2C1CC1. The van der Waals surface area contributed by atoms with Gasteiger partial charge in [-0.25, -0.2) is 9.78 Å². The molecular weight excluding hydrogens is 414 g/mol. The number of aromatic amines is 1. The molecule has 31 heavy (non-hydrogen) atoms. The molecule has 1 saturated carbocycles. The number of para-hydroxylation sites is 1. The van der Waals surface area contributed by atoms with E-state index >= 15 is 0 Å². The van der Waals surface area contributed by atoms with Crippen molar-refractivity contribution in [3.8, 4) is 0 Å². The largest absolute Gasteiger partial charge is 0.330 e. The fourth-order valence-corrected chi connectivity index (χ4v) is 4.89. The minimum atomic E-state index is -0.526. The van der Waals surface area contributed by atoms with Crippen molar-refractivity contribution >= 4 is 34.4 Å². The van der Waals surface area contributed by atoms with Gasteiger partial charge in [-0.3, -0.25) is 24.0 Å². The Morgan fingerprint density at radius 2 is 1.97 bits per heavy atom. The first-order valence-corrected chi connectivity index (χ1v) is 11.6. The number of amides is 1. The first-order valence-electron chi connectivity index (χ1n) is 10.4. The molecule has 1 aromatic carbocycles. The monoisotopic (exact) mass is 437 g/mol. The van der Waals surface area contributed by atoms with Crippen molar-refractivity contribution in [3.63, 3.8) is 0 Å². The van der Waals surface area contributed by atoms with Crippen LogP contribution in [0.15, 0.2) is 46.1 Å². The van der Waals surface area contributed by atoms with E-state index in [1.165, 1.54) is 16.8 Å². The summed E-state index contributed by atoms with van der Waals surface area (Å²) in [5.41, 5.74) is 1.44. The number of benzene rings is 1. The molecule has 2 N–H and O–H groups in total. The summed E-state index contributed by atoms with van der Waals surface area (Å²) in [4.78, 5) is 46.5. The lowest BCUT2D eigenvalue weighted by Crippen LogP contribution is -2.32. The van der Waals surface area contributed by atoms with Crippen molar-refractivity contribution in [2.45, 2.75) is 25.4 Å². The number of carbonyl (C=O) groups is 1. The highest BCUT2D eigenvalue weighted by Crippen LogP contribution is 2.34. The van der Waals surface area contributed by atoms with E-state index in [0.29, 0.717) is 5.65 Å². The third kappa shape index (κ3) is 4.15. The molecule has 2 aromatic heterocycles. The maximum Gasteiger partial charge on any atom is 0.330 e. The van der Waals surface area contributed by atoms with Gasteiger partial charge in [0.2, 0.25) is 0 Å². The van der Waals surface area contributed by atoms with Gasteiger partial charge in [0.15, 0.2) is 0 Å². The highest BCUT2D eigenvalue weighted by Gasteiger charge is 2.28. The van der Waals surface area contributed by atoms with E-state index in [1.54, 1.807) is 0 Å². The summed E-state index contributed by atoms with van der Waals surface area (Å²) in [6, 6.07) is 9.35. The van der Waals surface area contributed by atoms with Gasteiger partial charge in [0.25, 0.3) is 11.5 Å². The van der Waals surface area contributed by atoms with Crippen LogP contribution >= 0.6 is 11.8 Å². The lowest BCUT2D eigenvalue weighted by molar-refractivity contribution is 0.102. The lowest BCUT2D eigenvalue weighted by atomic mass is 10.1. The van der Waals surface area contributed by atoms with Crippen LogP contribution in [0.4, 0.5) is 5.69 Å². The molecule has 1 saturated heterocycles. The number of H-pyrrole nitrogens is 1. The second-order valence-electron chi connectivity index (χ2n) is 7.96. The van der Waals surface area contributed by atoms with Gasteiger partial charge < -0.3 is 5.32 Å². The number of anilines is 1. The smallest absolute Gasteiger partial charge is 0.322 e. The van der Waals surface area contributed by atoms with Gasteiger partial charge in [-0.1, -0.05) is 18.2 Å². The van der Waals surface area contributed by atoms with Gasteiger partial charge in [0.05, 0.1) is 10.9 Å². The topological polar surface area (TPSA) is 100 Å². The lowest BCUT2D eigenvalue weighted by Gasteiger charge is -2.27. The summed E-state index contributed by atoms with van der Waals surface area (Å²) in [6.45, 7) is 2.85. The molecule has 9 heteroatoms. The number of carbonyl (C=O) groups excluding carboxylic acids is 1. The Labute approximate surface area is 182 Å². The van der Waals surface area contributed by atoms with E-state index in [-0.39, 0.29) is 22.9 Å². The van der Waals surface area contributed by atoms with Crippen LogP contribution in [-0.2, 0) is 6.54 Å². The predicted molar refractivity (Wildman–Crippen MR) is 122 cm³/mol. The Balaban J connectivity index is 1.42. The van der Waals surface area contributed by atoms with Crippen LogP contribution < -0.4 is 16.6 Å². The van der Waals surface area contributed by atoms with E-state index in [1.807, 2.05) is 36.0 Å². The number of thioether (sulfide) groups is 1. The van der Waals surface area contributed by atoms with Gasteiger partial charge in [-0.15, -0.1) is 0 Å². The summed E-state index contributed by atoms with van der Waals surface area (Å²) in [7, 11) is 0. The standard InChI is InChI=1S/C22H23N5O3S/c28-20(24-18-4-2-1-3-14(18)13-26-7-9-31-10-8-26)15-11-17-19(23-12-15)27(16-5-6-16)22(30)25-21(17)29/h1-4,11-12,16H,5-10,13H2,(H,24,28)(H,25,29,30). The molecule has 0 atom stereocenters. The maximum absolute atomic E-state index is 13.0. The van der Waals surface area contributed by atoms with Crippen LogP contribution in [0.25, 0.3) is 11.0 Å². The third-order valence-corrected chi connectivity index (χ3v) is 6.66. The van der Waals surface area contributed by atoms with Gasteiger partial charge in [0, 0.05) is 49.1 Å². The Bertz CT molecular complexity index is 1260. The molecule has 2 fully saturated rings. The summed E-state index contributed by atoms with van der Waals surface area (Å²) in [5, 5.41) is 3.22. The first kappa shape index (κ1) is 20.0. The van der Waals surface area contributed by atoms with Gasteiger partial charge in [-0.05, 0) is 30.5 Å². The second-order valence-corrected chi connectivity index (χ2v) is 9.18. The van der Waals surface area contributed by atoms with E-state index in [2.05, 4.69) is 20.2 Å². The molecule has 1 aliphatic heterocycles. The quantitative estimate of drug-likeness (QED) is 0.635. The van der Waals surface area contributed by atoms with Crippen molar-refractivity contribution < 1.29 is 4.79 Å². The van der Waals surface area contributed by atoms with Crippen LogP contribution in [0.5, 0.6) is 0 Å². The van der Waals surface area contributed by atoms with E-state index in [4.69, 9.17) is 0 Å². The number of rotatable bonds is 5. The van der Waals surface area contributed by atoms with Crippen LogP contribution in [0, 0.1) is 0 Å². The summed E-state index contributed by atoms with van der Waals surface area (Å²) < 4.78 is 1.52. The van der Waals surface area contributed by atoms with E-state index in [0.717, 1.165) is 55.2 Å². The second kappa shape index (κ2) is 8.32. The van der Waals surface area contributed by atoms with Crippen molar-refractivity contribution in [1.82, 2.24) is 19.4 Å². The van der Waals surface area contributed by atoms with Crippen LogP contribution in [0.2, 0.25) is 0 Å². The van der Waals surface area contributed by atoms with Crippen LogP contribution in [-0.4, -0.2) is 49.9 Å². The molecule has 0 radical (unpaired) electrons. The zero-order valence-corrected chi connectivity index (χ0v) is 17.8. The number of nitrogens with zero attached hydrogens (tertiary/aromatic N) is 3. The molecule has 3 heterocycles. The normalized spacial score (nSPS) is 17.0. The summed E-state index contributed by atoms with van der Waals surface area (Å²) >= 11 is 1.96. The van der Waals surface area contributed by atoms with Crippen molar-refractivity contribution in [1.29, 1.82) is 0 Å². The van der Waals surface area contributed by atoms with E-state index in [9.17, 15) is 14.4 Å². The molecule has 2 aliphatic rings. The zero-order valence-electron chi connectivity index (χ0n) is 17.0. The van der Waals surface area contributed by atoms with Crippen molar-refractivity contribution in [3.05, 3.63) is 68.5 Å². The molecule has 160 valence electrons. The Kier molecular flexibility index (Phi) is 5.37. The number of aromatic nitrogens is 3. The Morgan fingerprint density at radius 1 is 1.19 bits per heavy atom. The average molecular weight is 438 g/mol. The van der Waals surface area contributed by atoms with Crippen molar-refractivity contribution in [2.24, 2.45) is 0 Å². The predicted octanol–water partition coefficient (Wildman–Crippen LogP) is 2.22. The third-order valence-electron chi connectivity index (χ3n) is 5.72. The molecule has 0 unspecified atom stereocenters. The van der Waals surface area contributed by atoms with Gasteiger partial charge in [-0.2, -0.15) is 11.8 Å². The summed E-state index contributed by atoms with van der Waals surface area (Å²) in [5.74, 6) is 1.91. The Hall–Kier alpha value is -2.91. The maximum atomic E-state index is 13.0. The van der Waals surface area contributed by atoms with Gasteiger partial charge in [0.1, 0.15) is 5.65 Å². The van der Waals surface area contributed by atoms with Gasteiger partial charge >= 0.3 is 5.69 Å². The number of hydrogen-bond acceptors (Lipinski definition) is 6. The Morgan fingerprint density at radius 3 is 2.74 bits per heavy atom. The number of nitrogens with one attached hydrogen (secondary N) is 2.